The molecular formula is C10H16N4O2S. The van der Waals surface area contributed by atoms with E-state index in [4.69, 9.17) is 5.73 Å². The van der Waals surface area contributed by atoms with Crippen LogP contribution < -0.4 is 5.73 Å². The Morgan fingerprint density at radius 3 is 2.82 bits per heavy atom. The van der Waals surface area contributed by atoms with Gasteiger partial charge in [0.15, 0.2) is 9.84 Å². The average molecular weight is 256 g/mol. The summed E-state index contributed by atoms with van der Waals surface area (Å²) in [5.74, 6) is 2.27. The molecule has 2 atom stereocenters. The van der Waals surface area contributed by atoms with E-state index in [1.807, 2.05) is 0 Å². The van der Waals surface area contributed by atoms with Crippen LogP contribution in [0.15, 0.2) is 0 Å². The van der Waals surface area contributed by atoms with Crippen LogP contribution in [-0.2, 0) is 22.8 Å². The molecule has 1 aromatic rings. The zero-order valence-corrected chi connectivity index (χ0v) is 10.4. The smallest absolute Gasteiger partial charge is 0.151 e. The Kier molecular flexibility index (Phi) is 2.48. The summed E-state index contributed by atoms with van der Waals surface area (Å²) in [5, 5.41) is 8.31. The number of hydrogen-bond donors (Lipinski definition) is 1. The Labute approximate surface area is 100 Å². The second-order valence-corrected chi connectivity index (χ2v) is 7.21. The van der Waals surface area contributed by atoms with Gasteiger partial charge < -0.3 is 10.3 Å². The summed E-state index contributed by atoms with van der Waals surface area (Å²) in [4.78, 5) is 0. The van der Waals surface area contributed by atoms with Gasteiger partial charge in [-0.1, -0.05) is 0 Å². The van der Waals surface area contributed by atoms with Gasteiger partial charge in [-0.2, -0.15) is 0 Å². The molecule has 0 radical (unpaired) electrons. The maximum Gasteiger partial charge on any atom is 0.151 e. The summed E-state index contributed by atoms with van der Waals surface area (Å²) in [6.07, 6.45) is 2.33. The molecule has 0 spiro atoms. The van der Waals surface area contributed by atoms with Gasteiger partial charge in [-0.05, 0) is 12.8 Å². The molecule has 0 saturated carbocycles. The van der Waals surface area contributed by atoms with Gasteiger partial charge in [0, 0.05) is 24.9 Å². The Morgan fingerprint density at radius 2 is 2.12 bits per heavy atom. The van der Waals surface area contributed by atoms with Crippen LogP contribution in [0.3, 0.4) is 0 Å². The zero-order chi connectivity index (χ0) is 12.0. The fraction of sp³-hybridized carbons (Fsp3) is 0.800. The van der Waals surface area contributed by atoms with Gasteiger partial charge in [0.1, 0.15) is 11.6 Å². The fourth-order valence-electron chi connectivity index (χ4n) is 2.68. The third-order valence-electron chi connectivity index (χ3n) is 3.62. The van der Waals surface area contributed by atoms with Crippen molar-refractivity contribution in [3.63, 3.8) is 0 Å². The minimum Gasteiger partial charge on any atom is -0.327 e. The molecule has 2 N–H and O–H groups in total. The number of nitrogens with two attached hydrogens (primary N) is 1. The minimum atomic E-state index is -2.86. The molecule has 0 amide bonds. The lowest BCUT2D eigenvalue weighted by Gasteiger charge is -2.21. The maximum atomic E-state index is 11.5. The summed E-state index contributed by atoms with van der Waals surface area (Å²) in [6.45, 7) is 0.815. The molecule has 7 heteroatoms. The van der Waals surface area contributed by atoms with E-state index in [9.17, 15) is 8.42 Å². The van der Waals surface area contributed by atoms with Gasteiger partial charge in [0.25, 0.3) is 0 Å². The van der Waals surface area contributed by atoms with Crippen LogP contribution in [-0.4, -0.2) is 40.7 Å². The first-order chi connectivity index (χ1) is 8.05. The molecule has 1 fully saturated rings. The van der Waals surface area contributed by atoms with E-state index in [-0.39, 0.29) is 23.5 Å². The van der Waals surface area contributed by atoms with E-state index in [1.165, 1.54) is 0 Å². The summed E-state index contributed by atoms with van der Waals surface area (Å²) < 4.78 is 25.0. The van der Waals surface area contributed by atoms with Crippen molar-refractivity contribution in [1.82, 2.24) is 14.8 Å². The summed E-state index contributed by atoms with van der Waals surface area (Å²) in [6, 6.07) is 0.159. The van der Waals surface area contributed by atoms with Crippen molar-refractivity contribution >= 4 is 9.84 Å². The van der Waals surface area contributed by atoms with Crippen LogP contribution in [0.5, 0.6) is 0 Å². The van der Waals surface area contributed by atoms with Gasteiger partial charge >= 0.3 is 0 Å². The lowest BCUT2D eigenvalue weighted by Crippen LogP contribution is -2.31. The normalized spacial score (nSPS) is 31.4. The quantitative estimate of drug-likeness (QED) is 0.728. The number of nitrogens with zero attached hydrogens (tertiary/aromatic N) is 3. The standard InChI is InChI=1S/C10H16N4O2S/c11-8-1-3-14-9(5-8)12-13-10(14)7-2-4-17(15,16)6-7/h7-8H,1-6,11H2. The van der Waals surface area contributed by atoms with E-state index in [2.05, 4.69) is 14.8 Å². The Balaban J connectivity index is 1.90. The van der Waals surface area contributed by atoms with Crippen molar-refractivity contribution in [2.75, 3.05) is 11.5 Å². The molecule has 94 valence electrons. The van der Waals surface area contributed by atoms with Crippen LogP contribution in [0, 0.1) is 0 Å². The van der Waals surface area contributed by atoms with E-state index in [1.54, 1.807) is 0 Å². The van der Waals surface area contributed by atoms with E-state index in [0.717, 1.165) is 31.0 Å². The molecule has 2 aliphatic rings. The highest BCUT2D eigenvalue weighted by Gasteiger charge is 2.34. The third-order valence-corrected chi connectivity index (χ3v) is 5.39. The van der Waals surface area contributed by atoms with Crippen LogP contribution in [0.25, 0.3) is 0 Å². The van der Waals surface area contributed by atoms with Crippen molar-refractivity contribution < 1.29 is 8.42 Å². The molecule has 1 aromatic heterocycles. The van der Waals surface area contributed by atoms with Crippen LogP contribution in [0.1, 0.15) is 30.4 Å². The topological polar surface area (TPSA) is 90.9 Å². The molecule has 0 aliphatic carbocycles. The maximum absolute atomic E-state index is 11.5. The lowest BCUT2D eigenvalue weighted by atomic mass is 10.1. The monoisotopic (exact) mass is 256 g/mol. The van der Waals surface area contributed by atoms with E-state index in [0.29, 0.717) is 6.42 Å². The highest BCUT2D eigenvalue weighted by molar-refractivity contribution is 7.91. The van der Waals surface area contributed by atoms with Gasteiger partial charge in [-0.15, -0.1) is 10.2 Å². The third kappa shape index (κ3) is 1.97. The molecule has 17 heavy (non-hydrogen) atoms. The highest BCUT2D eigenvalue weighted by atomic mass is 32.2. The Morgan fingerprint density at radius 1 is 1.29 bits per heavy atom. The first-order valence-electron chi connectivity index (χ1n) is 5.93. The predicted molar refractivity (Wildman–Crippen MR) is 62.3 cm³/mol. The largest absolute Gasteiger partial charge is 0.327 e. The molecule has 1 saturated heterocycles. The number of sulfone groups is 1. The first kappa shape index (κ1) is 11.2. The van der Waals surface area contributed by atoms with Crippen LogP contribution >= 0.6 is 0 Å². The molecule has 6 nitrogen and oxygen atoms in total. The van der Waals surface area contributed by atoms with E-state index < -0.39 is 9.84 Å². The molecule has 3 heterocycles. The van der Waals surface area contributed by atoms with Gasteiger partial charge in [0.2, 0.25) is 0 Å². The lowest BCUT2D eigenvalue weighted by molar-refractivity contribution is 0.447. The summed E-state index contributed by atoms with van der Waals surface area (Å²) in [7, 11) is -2.86. The molecule has 0 aromatic carbocycles. The van der Waals surface area contributed by atoms with E-state index >= 15 is 0 Å². The Hall–Kier alpha value is -0.950. The van der Waals surface area contributed by atoms with Crippen LogP contribution in [0.4, 0.5) is 0 Å². The average Bonchev–Trinajstić information content (AvgIpc) is 2.80. The van der Waals surface area contributed by atoms with Gasteiger partial charge in [0.05, 0.1) is 11.5 Å². The molecular weight excluding hydrogens is 240 g/mol. The summed E-state index contributed by atoms with van der Waals surface area (Å²) in [5.41, 5.74) is 5.88. The number of aromatic nitrogens is 3. The van der Waals surface area contributed by atoms with Crippen molar-refractivity contribution in [3.05, 3.63) is 11.6 Å². The second-order valence-electron chi connectivity index (χ2n) is 4.98. The van der Waals surface area contributed by atoms with Crippen molar-refractivity contribution in [1.29, 1.82) is 0 Å². The molecule has 2 aliphatic heterocycles. The summed E-state index contributed by atoms with van der Waals surface area (Å²) >= 11 is 0. The van der Waals surface area contributed by atoms with Crippen molar-refractivity contribution in [3.8, 4) is 0 Å². The fourth-order valence-corrected chi connectivity index (χ4v) is 4.42. The number of hydrogen-bond acceptors (Lipinski definition) is 5. The Bertz CT molecular complexity index is 537. The number of rotatable bonds is 1. The first-order valence-corrected chi connectivity index (χ1v) is 7.75. The molecule has 2 unspecified atom stereocenters. The van der Waals surface area contributed by atoms with Crippen molar-refractivity contribution in [2.24, 2.45) is 5.73 Å². The molecule has 0 bridgehead atoms. The minimum absolute atomic E-state index is 0.0237. The zero-order valence-electron chi connectivity index (χ0n) is 9.54. The predicted octanol–water partition coefficient (Wildman–Crippen LogP) is -0.546. The second kappa shape index (κ2) is 3.78. The SMILES string of the molecule is NC1CCn2c(nnc2C2CCS(=O)(=O)C2)C1. The number of fused-ring (bicyclic) bond motifs is 1. The molecule has 3 rings (SSSR count). The van der Waals surface area contributed by atoms with Crippen LogP contribution in [0.2, 0.25) is 0 Å². The van der Waals surface area contributed by atoms with Crippen molar-refractivity contribution in [2.45, 2.75) is 37.8 Å². The van der Waals surface area contributed by atoms with Gasteiger partial charge in [-0.25, -0.2) is 8.42 Å². The highest BCUT2D eigenvalue weighted by Crippen LogP contribution is 2.29. The van der Waals surface area contributed by atoms with Gasteiger partial charge in [-0.3, -0.25) is 0 Å².